The van der Waals surface area contributed by atoms with E-state index in [0.29, 0.717) is 18.8 Å². The lowest BCUT2D eigenvalue weighted by molar-refractivity contribution is -0.274. The molecule has 1 saturated heterocycles. The van der Waals surface area contributed by atoms with Crippen molar-refractivity contribution in [3.63, 3.8) is 0 Å². The number of nitrogens with zero attached hydrogens (tertiary/aromatic N) is 1. The average Bonchev–Trinajstić information content (AvgIpc) is 2.98. The quantitative estimate of drug-likeness (QED) is 0.840. The largest absolute Gasteiger partial charge is 0.573 e. The van der Waals surface area contributed by atoms with Gasteiger partial charge in [0.1, 0.15) is 5.75 Å². The van der Waals surface area contributed by atoms with Crippen LogP contribution in [0.15, 0.2) is 48.5 Å². The first-order chi connectivity index (χ1) is 13.2. The SMILES string of the molecule is Cc1ccc(CN2CC(C(=O)Nc3ccc(OC(F)(F)F)cc3)CC2=O)cc1. The highest BCUT2D eigenvalue weighted by Crippen LogP contribution is 2.25. The van der Waals surface area contributed by atoms with Crippen molar-refractivity contribution in [1.29, 1.82) is 0 Å². The van der Waals surface area contributed by atoms with Crippen molar-refractivity contribution >= 4 is 17.5 Å². The van der Waals surface area contributed by atoms with Gasteiger partial charge in [-0.1, -0.05) is 29.8 Å². The second kappa shape index (κ2) is 7.92. The van der Waals surface area contributed by atoms with Gasteiger partial charge >= 0.3 is 6.36 Å². The van der Waals surface area contributed by atoms with Crippen LogP contribution >= 0.6 is 0 Å². The minimum absolute atomic E-state index is 0.102. The summed E-state index contributed by atoms with van der Waals surface area (Å²) >= 11 is 0. The van der Waals surface area contributed by atoms with Gasteiger partial charge in [-0.25, -0.2) is 0 Å². The molecule has 2 aromatic carbocycles. The smallest absolute Gasteiger partial charge is 0.406 e. The van der Waals surface area contributed by atoms with Crippen LogP contribution in [0.5, 0.6) is 5.75 Å². The van der Waals surface area contributed by atoms with E-state index < -0.39 is 12.3 Å². The lowest BCUT2D eigenvalue weighted by Crippen LogP contribution is -2.28. The number of anilines is 1. The van der Waals surface area contributed by atoms with Gasteiger partial charge in [0.05, 0.1) is 5.92 Å². The van der Waals surface area contributed by atoms with Crippen molar-refractivity contribution in [2.45, 2.75) is 26.3 Å². The normalized spacial score (nSPS) is 16.9. The van der Waals surface area contributed by atoms with E-state index >= 15 is 0 Å². The van der Waals surface area contributed by atoms with E-state index in [9.17, 15) is 22.8 Å². The standard InChI is InChI=1S/C20H19F3N2O3/c1-13-2-4-14(5-3-13)11-25-12-15(10-18(25)26)19(27)24-16-6-8-17(9-7-16)28-20(21,22)23/h2-9,15H,10-12H2,1H3,(H,24,27). The molecular formula is C20H19F3N2O3. The number of carbonyl (C=O) groups excluding carboxylic acids is 2. The summed E-state index contributed by atoms with van der Waals surface area (Å²) in [6, 6.07) is 12.7. The molecule has 8 heteroatoms. The molecule has 1 aliphatic rings. The predicted octanol–water partition coefficient (Wildman–Crippen LogP) is 3.88. The monoisotopic (exact) mass is 392 g/mol. The van der Waals surface area contributed by atoms with Crippen LogP contribution in [0.25, 0.3) is 0 Å². The Hall–Kier alpha value is -3.03. The van der Waals surface area contributed by atoms with Gasteiger partial charge in [-0.2, -0.15) is 0 Å². The first-order valence-corrected chi connectivity index (χ1v) is 8.69. The summed E-state index contributed by atoms with van der Waals surface area (Å²) < 4.78 is 40.3. The number of carbonyl (C=O) groups is 2. The van der Waals surface area contributed by atoms with Crippen molar-refractivity contribution < 1.29 is 27.5 Å². The summed E-state index contributed by atoms with van der Waals surface area (Å²) in [5, 5.41) is 2.63. The number of ether oxygens (including phenoxy) is 1. The van der Waals surface area contributed by atoms with E-state index in [1.54, 1.807) is 4.90 Å². The number of halogens is 3. The number of hydrogen-bond acceptors (Lipinski definition) is 3. The molecule has 0 saturated carbocycles. The van der Waals surface area contributed by atoms with Crippen molar-refractivity contribution in [1.82, 2.24) is 4.90 Å². The number of nitrogens with one attached hydrogen (secondary N) is 1. The van der Waals surface area contributed by atoms with Crippen molar-refractivity contribution in [3.8, 4) is 5.75 Å². The van der Waals surface area contributed by atoms with Crippen LogP contribution in [0.4, 0.5) is 18.9 Å². The van der Waals surface area contributed by atoms with Crippen LogP contribution in [0.2, 0.25) is 0 Å². The van der Waals surface area contributed by atoms with E-state index in [2.05, 4.69) is 10.1 Å². The highest BCUT2D eigenvalue weighted by Gasteiger charge is 2.34. The van der Waals surface area contributed by atoms with Gasteiger partial charge in [0.15, 0.2) is 0 Å². The molecule has 2 aromatic rings. The fourth-order valence-corrected chi connectivity index (χ4v) is 3.00. The van der Waals surface area contributed by atoms with Crippen LogP contribution in [0.1, 0.15) is 17.5 Å². The Labute approximate surface area is 160 Å². The molecule has 1 N–H and O–H groups in total. The Kier molecular flexibility index (Phi) is 5.58. The van der Waals surface area contributed by atoms with Gasteiger partial charge in [-0.3, -0.25) is 9.59 Å². The van der Waals surface area contributed by atoms with Crippen LogP contribution in [-0.2, 0) is 16.1 Å². The summed E-state index contributed by atoms with van der Waals surface area (Å²) in [6.45, 7) is 2.72. The fraction of sp³-hybridized carbons (Fsp3) is 0.300. The highest BCUT2D eigenvalue weighted by molar-refractivity contribution is 5.97. The molecule has 1 aliphatic heterocycles. The van der Waals surface area contributed by atoms with Crippen molar-refractivity contribution in [2.24, 2.45) is 5.92 Å². The Morgan fingerprint density at radius 2 is 1.79 bits per heavy atom. The number of alkyl halides is 3. The first-order valence-electron chi connectivity index (χ1n) is 8.69. The molecule has 5 nitrogen and oxygen atoms in total. The second-order valence-electron chi connectivity index (χ2n) is 6.72. The Morgan fingerprint density at radius 1 is 1.14 bits per heavy atom. The molecule has 0 aromatic heterocycles. The zero-order valence-electron chi connectivity index (χ0n) is 15.1. The maximum atomic E-state index is 12.4. The van der Waals surface area contributed by atoms with Crippen LogP contribution in [0.3, 0.4) is 0 Å². The Balaban J connectivity index is 1.56. The average molecular weight is 392 g/mol. The molecule has 0 radical (unpaired) electrons. The highest BCUT2D eigenvalue weighted by atomic mass is 19.4. The minimum Gasteiger partial charge on any atom is -0.406 e. The number of amides is 2. The van der Waals surface area contributed by atoms with E-state index in [1.807, 2.05) is 31.2 Å². The first kappa shape index (κ1) is 19.7. The molecule has 1 heterocycles. The van der Waals surface area contributed by atoms with Gasteiger partial charge < -0.3 is 15.0 Å². The number of likely N-dealkylation sites (tertiary alicyclic amines) is 1. The van der Waals surface area contributed by atoms with E-state index in [-0.39, 0.29) is 24.0 Å². The molecule has 28 heavy (non-hydrogen) atoms. The molecule has 0 spiro atoms. The molecular weight excluding hydrogens is 373 g/mol. The van der Waals surface area contributed by atoms with Gasteiger partial charge in [-0.15, -0.1) is 13.2 Å². The lowest BCUT2D eigenvalue weighted by Gasteiger charge is -2.17. The van der Waals surface area contributed by atoms with E-state index in [0.717, 1.165) is 23.3 Å². The van der Waals surface area contributed by atoms with E-state index in [1.165, 1.54) is 12.1 Å². The number of aryl methyl sites for hydroxylation is 1. The lowest BCUT2D eigenvalue weighted by atomic mass is 10.1. The van der Waals surface area contributed by atoms with Gasteiger partial charge in [-0.05, 0) is 36.8 Å². The zero-order chi connectivity index (χ0) is 20.3. The third-order valence-electron chi connectivity index (χ3n) is 4.43. The maximum Gasteiger partial charge on any atom is 0.573 e. The van der Waals surface area contributed by atoms with Gasteiger partial charge in [0.25, 0.3) is 0 Å². The summed E-state index contributed by atoms with van der Waals surface area (Å²) in [7, 11) is 0. The predicted molar refractivity (Wildman–Crippen MR) is 96.5 cm³/mol. The Morgan fingerprint density at radius 3 is 2.39 bits per heavy atom. The number of hydrogen-bond donors (Lipinski definition) is 1. The topological polar surface area (TPSA) is 58.6 Å². The molecule has 1 atom stereocenters. The number of benzene rings is 2. The van der Waals surface area contributed by atoms with Crippen LogP contribution < -0.4 is 10.1 Å². The molecule has 1 unspecified atom stereocenters. The van der Waals surface area contributed by atoms with Crippen LogP contribution in [-0.4, -0.2) is 29.6 Å². The summed E-state index contributed by atoms with van der Waals surface area (Å²) in [4.78, 5) is 26.3. The second-order valence-corrected chi connectivity index (χ2v) is 6.72. The van der Waals surface area contributed by atoms with Crippen LogP contribution in [0, 0.1) is 12.8 Å². The minimum atomic E-state index is -4.77. The zero-order valence-corrected chi connectivity index (χ0v) is 15.1. The summed E-state index contributed by atoms with van der Waals surface area (Å²) in [6.07, 6.45) is -4.66. The third kappa shape index (κ3) is 5.25. The third-order valence-corrected chi connectivity index (χ3v) is 4.43. The molecule has 0 aliphatic carbocycles. The van der Waals surface area contributed by atoms with Gasteiger partial charge in [0, 0.05) is 25.2 Å². The van der Waals surface area contributed by atoms with Crippen molar-refractivity contribution in [2.75, 3.05) is 11.9 Å². The Bertz CT molecular complexity index is 848. The summed E-state index contributed by atoms with van der Waals surface area (Å²) in [5.41, 5.74) is 2.45. The van der Waals surface area contributed by atoms with Gasteiger partial charge in [0.2, 0.25) is 11.8 Å². The maximum absolute atomic E-state index is 12.4. The molecule has 148 valence electrons. The van der Waals surface area contributed by atoms with E-state index in [4.69, 9.17) is 0 Å². The summed E-state index contributed by atoms with van der Waals surface area (Å²) in [5.74, 6) is -1.33. The molecule has 1 fully saturated rings. The fourth-order valence-electron chi connectivity index (χ4n) is 3.00. The molecule has 3 rings (SSSR count). The molecule has 2 amide bonds. The van der Waals surface area contributed by atoms with Crippen molar-refractivity contribution in [3.05, 3.63) is 59.7 Å². The molecule has 0 bridgehead atoms. The number of rotatable bonds is 5.